The lowest BCUT2D eigenvalue weighted by Gasteiger charge is -2.45. The smallest absolute Gasteiger partial charge is 0.186 e. The van der Waals surface area contributed by atoms with E-state index < -0.39 is 37.0 Å². The lowest BCUT2D eigenvalue weighted by molar-refractivity contribution is -0.352. The van der Waals surface area contributed by atoms with Crippen molar-refractivity contribution in [1.82, 2.24) is 0 Å². The first-order valence-electron chi connectivity index (χ1n) is 4.95. The number of methoxy groups -OCH3 is 1. The van der Waals surface area contributed by atoms with Gasteiger partial charge in [-0.15, -0.1) is 0 Å². The predicted molar refractivity (Wildman–Crippen MR) is 48.0 cm³/mol. The zero-order valence-electron chi connectivity index (χ0n) is 8.70. The van der Waals surface area contributed by atoms with E-state index in [1.807, 2.05) is 0 Å². The van der Waals surface area contributed by atoms with Crippen LogP contribution in [-0.2, 0) is 18.9 Å². The quantitative estimate of drug-likeness (QED) is 0.580. The number of fused-ring (bicyclic) bond motifs is 1. The molecule has 6 nitrogen and oxygen atoms in total. The maximum Gasteiger partial charge on any atom is 0.186 e. The van der Waals surface area contributed by atoms with E-state index in [4.69, 9.17) is 18.9 Å². The molecule has 6 atom stereocenters. The molecule has 0 aliphatic carbocycles. The van der Waals surface area contributed by atoms with Crippen molar-refractivity contribution in [2.75, 3.05) is 13.7 Å². The summed E-state index contributed by atoms with van der Waals surface area (Å²) < 4.78 is 20.9. The zero-order chi connectivity index (χ0) is 11.0. The van der Waals surface area contributed by atoms with Crippen molar-refractivity contribution in [3.8, 4) is 0 Å². The van der Waals surface area contributed by atoms with Gasteiger partial charge in [-0.25, -0.2) is 0 Å². The predicted octanol–water partition coefficient (Wildman–Crippen LogP) is -1.16. The number of rotatable bonds is 1. The number of ether oxygens (including phenoxy) is 4. The van der Waals surface area contributed by atoms with E-state index >= 15 is 0 Å². The molecule has 2 saturated heterocycles. The van der Waals surface area contributed by atoms with Crippen LogP contribution in [0.15, 0.2) is 0 Å². The average molecular weight is 220 g/mol. The largest absolute Gasteiger partial charge is 0.387 e. The van der Waals surface area contributed by atoms with Gasteiger partial charge in [0.1, 0.15) is 24.4 Å². The third-order valence-corrected chi connectivity index (χ3v) is 2.72. The van der Waals surface area contributed by atoms with Crippen LogP contribution < -0.4 is 0 Å². The molecule has 0 aromatic carbocycles. The Morgan fingerprint density at radius 2 is 1.93 bits per heavy atom. The van der Waals surface area contributed by atoms with E-state index in [0.717, 1.165) is 0 Å². The molecule has 0 amide bonds. The van der Waals surface area contributed by atoms with E-state index in [2.05, 4.69) is 0 Å². The first kappa shape index (κ1) is 11.3. The molecule has 3 unspecified atom stereocenters. The van der Waals surface area contributed by atoms with Crippen LogP contribution in [0, 0.1) is 0 Å². The Kier molecular flexibility index (Phi) is 3.24. The minimum absolute atomic E-state index is 0.329. The van der Waals surface area contributed by atoms with Crippen LogP contribution in [0.5, 0.6) is 0 Å². The Morgan fingerprint density at radius 1 is 1.20 bits per heavy atom. The van der Waals surface area contributed by atoms with Gasteiger partial charge in [0.15, 0.2) is 12.6 Å². The van der Waals surface area contributed by atoms with Gasteiger partial charge in [0.2, 0.25) is 0 Å². The minimum atomic E-state index is -1.10. The first-order valence-corrected chi connectivity index (χ1v) is 4.95. The summed E-state index contributed by atoms with van der Waals surface area (Å²) in [6.45, 7) is 2.06. The summed E-state index contributed by atoms with van der Waals surface area (Å²) in [4.78, 5) is 0. The molecule has 0 radical (unpaired) electrons. The van der Waals surface area contributed by atoms with Crippen molar-refractivity contribution < 1.29 is 29.2 Å². The maximum atomic E-state index is 9.80. The molecule has 2 rings (SSSR count). The van der Waals surface area contributed by atoms with Crippen molar-refractivity contribution in [3.63, 3.8) is 0 Å². The highest BCUT2D eigenvalue weighted by Crippen LogP contribution is 2.28. The second kappa shape index (κ2) is 4.32. The van der Waals surface area contributed by atoms with Crippen LogP contribution in [0.3, 0.4) is 0 Å². The molecule has 0 aromatic heterocycles. The number of aliphatic hydroxyl groups is 2. The molecular formula is C9H16O6. The lowest BCUT2D eigenvalue weighted by atomic mass is 9.98. The summed E-state index contributed by atoms with van der Waals surface area (Å²) in [6.07, 6.45) is -4.29. The van der Waals surface area contributed by atoms with E-state index in [-0.39, 0.29) is 0 Å². The van der Waals surface area contributed by atoms with E-state index in [9.17, 15) is 10.2 Å². The van der Waals surface area contributed by atoms with Gasteiger partial charge in [-0.3, -0.25) is 0 Å². The van der Waals surface area contributed by atoms with Gasteiger partial charge >= 0.3 is 0 Å². The molecule has 88 valence electrons. The molecule has 2 N–H and O–H groups in total. The maximum absolute atomic E-state index is 9.80. The van der Waals surface area contributed by atoms with Crippen molar-refractivity contribution in [2.45, 2.75) is 43.9 Å². The van der Waals surface area contributed by atoms with E-state index in [1.165, 1.54) is 7.11 Å². The highest BCUT2D eigenvalue weighted by Gasteiger charge is 2.48. The molecule has 0 bridgehead atoms. The summed E-state index contributed by atoms with van der Waals surface area (Å²) in [5.74, 6) is 0. The summed E-state index contributed by atoms with van der Waals surface area (Å²) in [5, 5.41) is 19.4. The number of hydrogen-bond donors (Lipinski definition) is 2. The fourth-order valence-electron chi connectivity index (χ4n) is 1.89. The molecule has 0 aromatic rings. The van der Waals surface area contributed by atoms with Gasteiger partial charge < -0.3 is 29.2 Å². The summed E-state index contributed by atoms with van der Waals surface area (Å²) in [5.41, 5.74) is 0. The van der Waals surface area contributed by atoms with Crippen LogP contribution in [0.2, 0.25) is 0 Å². The first-order chi connectivity index (χ1) is 7.13. The Bertz CT molecular complexity index is 221. The zero-order valence-corrected chi connectivity index (χ0v) is 8.70. The molecule has 15 heavy (non-hydrogen) atoms. The van der Waals surface area contributed by atoms with Gasteiger partial charge in [-0.1, -0.05) is 0 Å². The van der Waals surface area contributed by atoms with Gasteiger partial charge in [0.25, 0.3) is 0 Å². The topological polar surface area (TPSA) is 77.4 Å². The minimum Gasteiger partial charge on any atom is -0.387 e. The van der Waals surface area contributed by atoms with Gasteiger partial charge in [0.05, 0.1) is 6.61 Å². The summed E-state index contributed by atoms with van der Waals surface area (Å²) in [7, 11) is 1.41. The van der Waals surface area contributed by atoms with Crippen molar-refractivity contribution in [3.05, 3.63) is 0 Å². The van der Waals surface area contributed by atoms with Crippen LogP contribution in [0.4, 0.5) is 0 Å². The fraction of sp³-hybridized carbons (Fsp3) is 1.00. The highest BCUT2D eigenvalue weighted by molar-refractivity contribution is 4.91. The second-order valence-electron chi connectivity index (χ2n) is 3.76. The molecule has 2 aliphatic rings. The lowest BCUT2D eigenvalue weighted by Crippen LogP contribution is -2.62. The summed E-state index contributed by atoms with van der Waals surface area (Å²) >= 11 is 0. The monoisotopic (exact) mass is 220 g/mol. The third-order valence-electron chi connectivity index (χ3n) is 2.72. The Morgan fingerprint density at radius 3 is 2.60 bits per heavy atom. The van der Waals surface area contributed by atoms with Crippen LogP contribution in [0.1, 0.15) is 6.92 Å². The molecule has 2 heterocycles. The van der Waals surface area contributed by atoms with E-state index in [1.54, 1.807) is 6.92 Å². The van der Waals surface area contributed by atoms with Gasteiger partial charge in [-0.2, -0.15) is 0 Å². The number of hydrogen-bond acceptors (Lipinski definition) is 6. The Hall–Kier alpha value is -0.240. The van der Waals surface area contributed by atoms with Crippen molar-refractivity contribution in [1.29, 1.82) is 0 Å². The van der Waals surface area contributed by atoms with Gasteiger partial charge in [-0.05, 0) is 6.92 Å². The molecule has 6 heteroatoms. The fourth-order valence-corrected chi connectivity index (χ4v) is 1.89. The molecule has 0 spiro atoms. The normalized spacial score (nSPS) is 51.2. The van der Waals surface area contributed by atoms with Crippen molar-refractivity contribution >= 4 is 0 Å². The van der Waals surface area contributed by atoms with E-state index in [0.29, 0.717) is 6.61 Å². The molecule has 2 fully saturated rings. The van der Waals surface area contributed by atoms with Crippen LogP contribution in [-0.4, -0.2) is 60.9 Å². The second-order valence-corrected chi connectivity index (χ2v) is 3.76. The van der Waals surface area contributed by atoms with Crippen LogP contribution >= 0.6 is 0 Å². The summed E-state index contributed by atoms with van der Waals surface area (Å²) in [6, 6.07) is 0. The highest BCUT2D eigenvalue weighted by atomic mass is 16.7. The Balaban J connectivity index is 2.07. The van der Waals surface area contributed by atoms with Gasteiger partial charge in [0, 0.05) is 7.11 Å². The number of aliphatic hydroxyl groups excluding tert-OH is 2. The van der Waals surface area contributed by atoms with Crippen molar-refractivity contribution in [2.24, 2.45) is 0 Å². The Labute approximate surface area is 87.7 Å². The van der Waals surface area contributed by atoms with Crippen LogP contribution in [0.25, 0.3) is 0 Å². The SMILES string of the molecule is CO[C@H]1OC2COC(C)O[C@H]2C(O)[C@@H]1O. The molecule has 0 saturated carbocycles. The molecular weight excluding hydrogens is 204 g/mol. The molecule has 2 aliphatic heterocycles. The standard InChI is InChI=1S/C9H16O6/c1-4-13-3-5-8(14-4)6(10)7(11)9(12-2)15-5/h4-11H,3H2,1-2H3/t4?,5?,6?,7-,8+,9-/m0/s1. The third kappa shape index (κ3) is 2.01. The average Bonchev–Trinajstić information content (AvgIpc) is 2.24.